The van der Waals surface area contributed by atoms with E-state index in [1.54, 1.807) is 0 Å². The van der Waals surface area contributed by atoms with Gasteiger partial charge in [-0.25, -0.2) is 0 Å². The molecule has 0 saturated heterocycles. The predicted octanol–water partition coefficient (Wildman–Crippen LogP) is 17.8. The average Bonchev–Trinajstić information content (AvgIpc) is 3.29. The lowest BCUT2D eigenvalue weighted by atomic mass is 10.1. The van der Waals surface area contributed by atoms with Crippen molar-refractivity contribution >= 4 is 17.9 Å². The molecule has 0 aromatic heterocycles. The molecule has 0 radical (unpaired) electrons. The highest BCUT2D eigenvalue weighted by Crippen LogP contribution is 2.14. The van der Waals surface area contributed by atoms with Crippen LogP contribution in [0, 0.1) is 0 Å². The third kappa shape index (κ3) is 49.9. The largest absolute Gasteiger partial charge is 0.462 e. The fourth-order valence-electron chi connectivity index (χ4n) is 7.36. The van der Waals surface area contributed by atoms with E-state index in [4.69, 9.17) is 14.2 Å². The van der Waals surface area contributed by atoms with Crippen LogP contribution in [0.15, 0.2) is 72.9 Å². The Morgan fingerprint density at radius 3 is 0.969 bits per heavy atom. The van der Waals surface area contributed by atoms with Crippen molar-refractivity contribution in [3.8, 4) is 0 Å². The molecule has 1 atom stereocenters. The summed E-state index contributed by atoms with van der Waals surface area (Å²) >= 11 is 0. The summed E-state index contributed by atoms with van der Waals surface area (Å²) in [5, 5.41) is 0. The Hall–Kier alpha value is -3.15. The van der Waals surface area contributed by atoms with Crippen LogP contribution in [0.3, 0.4) is 0 Å². The molecule has 0 aliphatic carbocycles. The Kier molecular flexibility index (Phi) is 49.9. The fraction of sp³-hybridized carbons (Fsp3) is 0.741. The molecule has 0 aliphatic heterocycles. The van der Waals surface area contributed by atoms with Gasteiger partial charge in [0.25, 0.3) is 0 Å². The number of ether oxygens (including phenoxy) is 3. The van der Waals surface area contributed by atoms with Gasteiger partial charge in [0.1, 0.15) is 13.2 Å². The van der Waals surface area contributed by atoms with E-state index in [-0.39, 0.29) is 31.1 Å². The minimum atomic E-state index is -0.789. The van der Waals surface area contributed by atoms with Crippen molar-refractivity contribution < 1.29 is 28.6 Å². The highest BCUT2D eigenvalue weighted by molar-refractivity contribution is 5.71. The summed E-state index contributed by atoms with van der Waals surface area (Å²) in [5.74, 6) is -0.914. The lowest BCUT2D eigenvalue weighted by molar-refractivity contribution is -0.167. The van der Waals surface area contributed by atoms with Crippen LogP contribution < -0.4 is 0 Å². The summed E-state index contributed by atoms with van der Waals surface area (Å²) in [7, 11) is 0. The molecule has 0 heterocycles. The molecule has 0 aromatic rings. The molecule has 6 heteroatoms. The number of hydrogen-bond donors (Lipinski definition) is 0. The molecular weight excluding hydrogens is 793 g/mol. The highest BCUT2D eigenvalue weighted by atomic mass is 16.6. The zero-order valence-electron chi connectivity index (χ0n) is 42.0. The minimum absolute atomic E-state index is 0.0872. The zero-order valence-corrected chi connectivity index (χ0v) is 42.0. The predicted molar refractivity (Wildman–Crippen MR) is 274 cm³/mol. The molecule has 0 aromatic carbocycles. The van der Waals surface area contributed by atoms with Crippen molar-refractivity contribution in [1.82, 2.24) is 0 Å². The normalized spacial score (nSPS) is 12.6. The van der Waals surface area contributed by atoms with Gasteiger partial charge in [-0.15, -0.1) is 0 Å². The second kappa shape index (κ2) is 52.5. The van der Waals surface area contributed by atoms with Gasteiger partial charge in [0.05, 0.1) is 0 Å². The van der Waals surface area contributed by atoms with Gasteiger partial charge in [0.2, 0.25) is 0 Å². The number of hydrogen-bond acceptors (Lipinski definition) is 6. The molecule has 0 aliphatic rings. The fourth-order valence-corrected chi connectivity index (χ4v) is 7.36. The van der Waals surface area contributed by atoms with Gasteiger partial charge < -0.3 is 14.2 Å². The van der Waals surface area contributed by atoms with Crippen molar-refractivity contribution in [1.29, 1.82) is 0 Å². The summed E-state index contributed by atoms with van der Waals surface area (Å²) in [6.45, 7) is 6.46. The van der Waals surface area contributed by atoms with Crippen LogP contribution in [0.1, 0.15) is 258 Å². The van der Waals surface area contributed by atoms with Crippen molar-refractivity contribution in [2.24, 2.45) is 0 Å². The molecule has 6 nitrogen and oxygen atoms in total. The van der Waals surface area contributed by atoms with Crippen LogP contribution in [-0.4, -0.2) is 37.2 Å². The van der Waals surface area contributed by atoms with Crippen molar-refractivity contribution in [2.45, 2.75) is 264 Å². The van der Waals surface area contributed by atoms with E-state index in [9.17, 15) is 14.4 Å². The molecule has 0 spiro atoms. The number of esters is 3. The lowest BCUT2D eigenvalue weighted by Crippen LogP contribution is -2.30. The van der Waals surface area contributed by atoms with Crippen LogP contribution in [0.25, 0.3) is 0 Å². The Bertz CT molecular complexity index is 1210. The van der Waals surface area contributed by atoms with Crippen LogP contribution >= 0.6 is 0 Å². The Morgan fingerprint density at radius 2 is 0.609 bits per heavy atom. The maximum absolute atomic E-state index is 12.8. The second-order valence-corrected chi connectivity index (χ2v) is 17.7. The molecule has 0 fully saturated rings. The van der Waals surface area contributed by atoms with Crippen molar-refractivity contribution in [2.75, 3.05) is 13.2 Å². The highest BCUT2D eigenvalue weighted by Gasteiger charge is 2.19. The number of allylic oxidation sites excluding steroid dienone is 12. The molecular formula is C58H100O6. The van der Waals surface area contributed by atoms with Gasteiger partial charge in [0.15, 0.2) is 6.10 Å². The number of rotatable bonds is 48. The first-order chi connectivity index (χ1) is 31.5. The quantitative estimate of drug-likeness (QED) is 0.0262. The van der Waals surface area contributed by atoms with E-state index in [0.717, 1.165) is 109 Å². The summed E-state index contributed by atoms with van der Waals surface area (Å²) in [4.78, 5) is 38.0. The first-order valence-corrected chi connectivity index (χ1v) is 26.9. The molecule has 368 valence electrons. The van der Waals surface area contributed by atoms with Crippen molar-refractivity contribution in [3.63, 3.8) is 0 Å². The monoisotopic (exact) mass is 893 g/mol. The SMILES string of the molecule is CC/C=C\C/C=C\C/C=C\CCCCCCCC(=O)OC(COC(=O)CCCCCCC/C=C\CCCCC)COC(=O)CCCCCCCCCCC/C=C\C/C=C\CCCCC. The average molecular weight is 893 g/mol. The molecule has 1 unspecified atom stereocenters. The van der Waals surface area contributed by atoms with Gasteiger partial charge in [-0.1, -0.05) is 203 Å². The molecule has 64 heavy (non-hydrogen) atoms. The topological polar surface area (TPSA) is 78.9 Å². The summed E-state index contributed by atoms with van der Waals surface area (Å²) < 4.78 is 16.8. The number of unbranched alkanes of at least 4 members (excludes halogenated alkanes) is 25. The van der Waals surface area contributed by atoms with Crippen molar-refractivity contribution in [3.05, 3.63) is 72.9 Å². The van der Waals surface area contributed by atoms with E-state index < -0.39 is 6.10 Å². The van der Waals surface area contributed by atoms with Crippen LogP contribution in [0.4, 0.5) is 0 Å². The van der Waals surface area contributed by atoms with Gasteiger partial charge in [-0.05, 0) is 109 Å². The molecule has 0 amide bonds. The molecule has 0 bridgehead atoms. The molecule has 0 N–H and O–H groups in total. The van der Waals surface area contributed by atoms with Gasteiger partial charge in [0, 0.05) is 19.3 Å². The Balaban J connectivity index is 4.38. The zero-order chi connectivity index (χ0) is 46.5. The Labute approximate surface area is 395 Å². The maximum Gasteiger partial charge on any atom is 0.306 e. The summed E-state index contributed by atoms with van der Waals surface area (Å²) in [6.07, 6.45) is 66.0. The number of carbonyl (C=O) groups is 3. The van der Waals surface area contributed by atoms with E-state index in [1.807, 2.05) is 0 Å². The van der Waals surface area contributed by atoms with E-state index in [0.29, 0.717) is 19.3 Å². The van der Waals surface area contributed by atoms with Gasteiger partial charge in [-0.2, -0.15) is 0 Å². The minimum Gasteiger partial charge on any atom is -0.462 e. The third-order valence-corrected chi connectivity index (χ3v) is 11.4. The molecule has 0 saturated carbocycles. The van der Waals surface area contributed by atoms with Gasteiger partial charge >= 0.3 is 17.9 Å². The van der Waals surface area contributed by atoms with Crippen LogP contribution in [0.2, 0.25) is 0 Å². The van der Waals surface area contributed by atoms with Crippen LogP contribution in [-0.2, 0) is 28.6 Å². The summed E-state index contributed by atoms with van der Waals surface area (Å²) in [5.41, 5.74) is 0. The molecule has 0 rings (SSSR count). The van der Waals surface area contributed by atoms with Gasteiger partial charge in [-0.3, -0.25) is 14.4 Å². The number of carbonyl (C=O) groups excluding carboxylic acids is 3. The standard InChI is InChI=1S/C58H100O6/c1-4-7-10-13-16-19-22-25-27-28-29-30-32-33-36-39-42-45-48-51-57(60)63-54-55(53-62-56(59)50-47-44-41-38-35-24-21-18-15-12-9-6-3)64-58(61)52-49-46-43-40-37-34-31-26-23-20-17-14-11-8-5-2/h8,11,16-21,25-27,31,55H,4-7,9-10,12-15,22-24,28-30,32-54H2,1-3H3/b11-8-,19-16-,20-17-,21-18-,27-25-,31-26-. The smallest absolute Gasteiger partial charge is 0.306 e. The van der Waals surface area contributed by atoms with E-state index in [2.05, 4.69) is 93.7 Å². The first kappa shape index (κ1) is 60.9. The second-order valence-electron chi connectivity index (χ2n) is 17.7. The maximum atomic E-state index is 12.8. The Morgan fingerprint density at radius 1 is 0.328 bits per heavy atom. The van der Waals surface area contributed by atoms with Crippen LogP contribution in [0.5, 0.6) is 0 Å². The van der Waals surface area contributed by atoms with E-state index in [1.165, 1.54) is 109 Å². The first-order valence-electron chi connectivity index (χ1n) is 26.9. The summed E-state index contributed by atoms with van der Waals surface area (Å²) in [6, 6.07) is 0. The lowest BCUT2D eigenvalue weighted by Gasteiger charge is -2.18. The van der Waals surface area contributed by atoms with E-state index >= 15 is 0 Å². The third-order valence-electron chi connectivity index (χ3n) is 11.4.